The first-order valence-electron chi connectivity index (χ1n) is 7.31. The Hall–Kier alpha value is -2.35. The molecule has 0 amide bonds. The maximum Gasteiger partial charge on any atom is 0.163 e. The largest absolute Gasteiger partial charge is 0.361 e. The number of Topliss-reactive ketones (excluding diaryl/α,β-unsaturated/α-hetero) is 1. The summed E-state index contributed by atoms with van der Waals surface area (Å²) in [7, 11) is 0. The molecule has 0 saturated carbocycles. The molecule has 106 valence electrons. The summed E-state index contributed by atoms with van der Waals surface area (Å²) in [4.78, 5) is 15.7. The molecule has 2 aromatic carbocycles. The van der Waals surface area contributed by atoms with Crippen LogP contribution in [0.5, 0.6) is 0 Å². The van der Waals surface area contributed by atoms with E-state index in [1.54, 1.807) is 0 Å². The minimum Gasteiger partial charge on any atom is -0.361 e. The Kier molecular flexibility index (Phi) is 3.61. The third-order valence-corrected chi connectivity index (χ3v) is 4.07. The van der Waals surface area contributed by atoms with Gasteiger partial charge in [-0.15, -0.1) is 0 Å². The number of benzene rings is 2. The van der Waals surface area contributed by atoms with E-state index in [9.17, 15) is 4.79 Å². The van der Waals surface area contributed by atoms with Crippen LogP contribution in [0.1, 0.15) is 40.7 Å². The third kappa shape index (κ3) is 2.62. The van der Waals surface area contributed by atoms with E-state index < -0.39 is 0 Å². The molecule has 0 aliphatic carbocycles. The molecule has 1 atom stereocenters. The molecule has 3 aromatic rings. The molecule has 0 fully saturated rings. The lowest BCUT2D eigenvalue weighted by molar-refractivity contribution is 0.0976. The molecule has 1 aromatic heterocycles. The maximum absolute atomic E-state index is 12.3. The lowest BCUT2D eigenvalue weighted by atomic mass is 9.92. The van der Waals surface area contributed by atoms with Crippen LogP contribution in [0, 0.1) is 6.92 Å². The summed E-state index contributed by atoms with van der Waals surface area (Å²) in [6.45, 7) is 4.22. The summed E-state index contributed by atoms with van der Waals surface area (Å²) in [6, 6.07) is 15.8. The standard InChI is InChI=1S/C19H19NO/c1-13-7-6-10-16-17(12-20-19(13)16)14(2)11-18(21)15-8-4-3-5-9-15/h3-10,12,14,20H,11H2,1-2H3/t14-/m1/s1. The number of H-pyrrole nitrogens is 1. The van der Waals surface area contributed by atoms with E-state index in [1.807, 2.05) is 36.5 Å². The van der Waals surface area contributed by atoms with Crippen molar-refractivity contribution in [3.8, 4) is 0 Å². The van der Waals surface area contributed by atoms with Gasteiger partial charge in [0.15, 0.2) is 5.78 Å². The van der Waals surface area contributed by atoms with Gasteiger partial charge in [0.2, 0.25) is 0 Å². The highest BCUT2D eigenvalue weighted by Crippen LogP contribution is 2.29. The molecule has 0 aliphatic rings. The zero-order chi connectivity index (χ0) is 14.8. The monoisotopic (exact) mass is 277 g/mol. The van der Waals surface area contributed by atoms with Crippen molar-refractivity contribution in [2.24, 2.45) is 0 Å². The van der Waals surface area contributed by atoms with E-state index in [2.05, 4.69) is 37.0 Å². The van der Waals surface area contributed by atoms with E-state index in [1.165, 1.54) is 22.0 Å². The predicted octanol–water partition coefficient (Wildman–Crippen LogP) is 4.85. The first-order chi connectivity index (χ1) is 10.2. The minimum atomic E-state index is 0.199. The van der Waals surface area contributed by atoms with Gasteiger partial charge in [-0.25, -0.2) is 0 Å². The van der Waals surface area contributed by atoms with Gasteiger partial charge in [0, 0.05) is 29.1 Å². The molecule has 0 bridgehead atoms. The Labute approximate surface area is 124 Å². The van der Waals surface area contributed by atoms with Crippen LogP contribution in [0.4, 0.5) is 0 Å². The number of fused-ring (bicyclic) bond motifs is 1. The van der Waals surface area contributed by atoms with Crippen LogP contribution in [0.25, 0.3) is 10.9 Å². The number of hydrogen-bond donors (Lipinski definition) is 1. The molecule has 0 saturated heterocycles. The second-order valence-corrected chi connectivity index (χ2v) is 5.64. The van der Waals surface area contributed by atoms with Crippen molar-refractivity contribution in [1.29, 1.82) is 0 Å². The molecular formula is C19H19NO. The van der Waals surface area contributed by atoms with Gasteiger partial charge >= 0.3 is 0 Å². The molecule has 21 heavy (non-hydrogen) atoms. The van der Waals surface area contributed by atoms with Crippen molar-refractivity contribution in [2.45, 2.75) is 26.2 Å². The second kappa shape index (κ2) is 5.57. The van der Waals surface area contributed by atoms with E-state index in [4.69, 9.17) is 0 Å². The quantitative estimate of drug-likeness (QED) is 0.679. The van der Waals surface area contributed by atoms with Gasteiger partial charge in [0.25, 0.3) is 0 Å². The fraction of sp³-hybridized carbons (Fsp3) is 0.211. The van der Waals surface area contributed by atoms with Crippen LogP contribution in [-0.2, 0) is 0 Å². The predicted molar refractivity (Wildman–Crippen MR) is 86.8 cm³/mol. The van der Waals surface area contributed by atoms with E-state index in [-0.39, 0.29) is 11.7 Å². The Morgan fingerprint density at radius 3 is 2.62 bits per heavy atom. The summed E-state index contributed by atoms with van der Waals surface area (Å²) < 4.78 is 0. The van der Waals surface area contributed by atoms with E-state index in [0.717, 1.165) is 5.56 Å². The number of nitrogens with one attached hydrogen (secondary N) is 1. The van der Waals surface area contributed by atoms with Crippen molar-refractivity contribution in [2.75, 3.05) is 0 Å². The van der Waals surface area contributed by atoms with Crippen molar-refractivity contribution in [3.05, 3.63) is 71.4 Å². The number of para-hydroxylation sites is 1. The zero-order valence-electron chi connectivity index (χ0n) is 12.4. The average molecular weight is 277 g/mol. The smallest absolute Gasteiger partial charge is 0.163 e. The number of hydrogen-bond acceptors (Lipinski definition) is 1. The van der Waals surface area contributed by atoms with Gasteiger partial charge in [-0.05, 0) is 24.0 Å². The van der Waals surface area contributed by atoms with Gasteiger partial charge in [-0.3, -0.25) is 4.79 Å². The number of ketones is 1. The molecule has 1 N–H and O–H groups in total. The van der Waals surface area contributed by atoms with Gasteiger partial charge in [0.1, 0.15) is 0 Å². The molecule has 0 spiro atoms. The minimum absolute atomic E-state index is 0.199. The number of carbonyl (C=O) groups is 1. The maximum atomic E-state index is 12.3. The summed E-state index contributed by atoms with van der Waals surface area (Å²) in [6.07, 6.45) is 2.57. The third-order valence-electron chi connectivity index (χ3n) is 4.07. The molecular weight excluding hydrogens is 258 g/mol. The van der Waals surface area contributed by atoms with Crippen LogP contribution in [0.2, 0.25) is 0 Å². The highest BCUT2D eigenvalue weighted by Gasteiger charge is 2.16. The van der Waals surface area contributed by atoms with Crippen LogP contribution in [0.15, 0.2) is 54.7 Å². The second-order valence-electron chi connectivity index (χ2n) is 5.64. The summed E-state index contributed by atoms with van der Waals surface area (Å²) >= 11 is 0. The lowest BCUT2D eigenvalue weighted by Crippen LogP contribution is -2.04. The molecule has 0 aliphatic heterocycles. The summed E-state index contributed by atoms with van der Waals surface area (Å²) in [5, 5.41) is 1.23. The highest BCUT2D eigenvalue weighted by molar-refractivity contribution is 5.97. The fourth-order valence-electron chi connectivity index (χ4n) is 2.87. The van der Waals surface area contributed by atoms with Crippen LogP contribution >= 0.6 is 0 Å². The molecule has 3 rings (SSSR count). The van der Waals surface area contributed by atoms with Crippen molar-refractivity contribution >= 4 is 16.7 Å². The Bertz CT molecular complexity index is 771. The van der Waals surface area contributed by atoms with Crippen LogP contribution in [0.3, 0.4) is 0 Å². The SMILES string of the molecule is Cc1cccc2c([C@H](C)CC(=O)c3ccccc3)c[nH]c12. The van der Waals surface area contributed by atoms with Crippen molar-refractivity contribution < 1.29 is 4.79 Å². The van der Waals surface area contributed by atoms with Gasteiger partial charge in [-0.2, -0.15) is 0 Å². The number of carbonyl (C=O) groups excluding carboxylic acids is 1. The van der Waals surface area contributed by atoms with Gasteiger partial charge < -0.3 is 4.98 Å². The number of rotatable bonds is 4. The summed E-state index contributed by atoms with van der Waals surface area (Å²) in [5.41, 5.74) is 4.42. The highest BCUT2D eigenvalue weighted by atomic mass is 16.1. The fourth-order valence-corrected chi connectivity index (χ4v) is 2.87. The molecule has 0 radical (unpaired) electrons. The summed E-state index contributed by atoms with van der Waals surface area (Å²) in [5.74, 6) is 0.401. The van der Waals surface area contributed by atoms with Crippen LogP contribution in [-0.4, -0.2) is 10.8 Å². The number of aromatic amines is 1. The number of aryl methyl sites for hydroxylation is 1. The Morgan fingerprint density at radius 2 is 1.86 bits per heavy atom. The van der Waals surface area contributed by atoms with E-state index in [0.29, 0.717) is 6.42 Å². The van der Waals surface area contributed by atoms with Gasteiger partial charge in [-0.1, -0.05) is 55.5 Å². The number of aromatic nitrogens is 1. The topological polar surface area (TPSA) is 32.9 Å². The molecule has 2 nitrogen and oxygen atoms in total. The average Bonchev–Trinajstić information content (AvgIpc) is 2.93. The Balaban J connectivity index is 1.86. The zero-order valence-corrected chi connectivity index (χ0v) is 12.4. The molecule has 1 heterocycles. The van der Waals surface area contributed by atoms with Crippen molar-refractivity contribution in [3.63, 3.8) is 0 Å². The van der Waals surface area contributed by atoms with Gasteiger partial charge in [0.05, 0.1) is 0 Å². The van der Waals surface area contributed by atoms with Crippen LogP contribution < -0.4 is 0 Å². The van der Waals surface area contributed by atoms with Crippen molar-refractivity contribution in [1.82, 2.24) is 4.98 Å². The first-order valence-corrected chi connectivity index (χ1v) is 7.31. The first kappa shape index (κ1) is 13.6. The normalized spacial score (nSPS) is 12.5. The molecule has 0 unspecified atom stereocenters. The Morgan fingerprint density at radius 1 is 1.10 bits per heavy atom. The lowest BCUT2D eigenvalue weighted by Gasteiger charge is -2.10. The molecule has 2 heteroatoms. The van der Waals surface area contributed by atoms with E-state index >= 15 is 0 Å².